The Kier molecular flexibility index (Phi) is 8.37. The van der Waals surface area contributed by atoms with Crippen molar-refractivity contribution in [3.05, 3.63) is 11.1 Å². The van der Waals surface area contributed by atoms with Crippen molar-refractivity contribution < 1.29 is 28.9 Å². The van der Waals surface area contributed by atoms with E-state index in [1.807, 2.05) is 0 Å². The Balaban J connectivity index is 1.42. The second-order valence-corrected chi connectivity index (χ2v) is 16.9. The standard InChI is InChI=1S/C35H55BNO6/c1-20(2)28-23(38)18-35(37-36-42-9)17-12-22-21(29(28)35)10-11-25-33(22,7)15-13-24-32(5,6)26(14-16-34(24,25)8)43-30(41)31(3,4)19-27(39)40/h20-22,24-26,37H,10-19H2,1-9H3,(H,39,40)/t21-,22?,24?,25?,26-,33-,34-,35+/m0/s1. The molecule has 1 radical (unpaired) electrons. The molecule has 0 saturated heterocycles. The Labute approximate surface area is 260 Å². The molecule has 0 aromatic rings. The first kappa shape index (κ1) is 32.7. The van der Waals surface area contributed by atoms with Crippen molar-refractivity contribution >= 4 is 25.3 Å². The Morgan fingerprint density at radius 2 is 1.67 bits per heavy atom. The number of hydrogen-bond acceptors (Lipinski definition) is 6. The van der Waals surface area contributed by atoms with E-state index in [4.69, 9.17) is 9.39 Å². The number of ketones is 1. The number of aliphatic carboxylic acids is 1. The Hall–Kier alpha value is -1.67. The summed E-state index contributed by atoms with van der Waals surface area (Å²) in [6.45, 7) is 17.4. The predicted molar refractivity (Wildman–Crippen MR) is 167 cm³/mol. The van der Waals surface area contributed by atoms with Gasteiger partial charge in [-0.25, -0.2) is 0 Å². The number of rotatable bonds is 8. The minimum atomic E-state index is -1.05. The molecule has 5 rings (SSSR count). The molecule has 43 heavy (non-hydrogen) atoms. The third-order valence-corrected chi connectivity index (χ3v) is 13.4. The minimum absolute atomic E-state index is 0.137. The Morgan fingerprint density at radius 3 is 2.30 bits per heavy atom. The first-order valence-corrected chi connectivity index (χ1v) is 16.8. The third kappa shape index (κ3) is 5.05. The summed E-state index contributed by atoms with van der Waals surface area (Å²) >= 11 is 0. The molecule has 2 N–H and O–H groups in total. The van der Waals surface area contributed by atoms with E-state index in [1.54, 1.807) is 28.6 Å². The lowest BCUT2D eigenvalue weighted by Crippen LogP contribution is -2.64. The van der Waals surface area contributed by atoms with E-state index >= 15 is 0 Å². The van der Waals surface area contributed by atoms with Crippen LogP contribution in [0.1, 0.15) is 120 Å². The zero-order valence-corrected chi connectivity index (χ0v) is 28.1. The van der Waals surface area contributed by atoms with Gasteiger partial charge in [0.15, 0.2) is 5.78 Å². The van der Waals surface area contributed by atoms with Crippen molar-refractivity contribution in [1.82, 2.24) is 5.23 Å². The summed E-state index contributed by atoms with van der Waals surface area (Å²) in [5, 5.41) is 12.9. The smallest absolute Gasteiger partial charge is 0.396 e. The maximum atomic E-state index is 13.5. The molecular weight excluding hydrogens is 541 g/mol. The van der Waals surface area contributed by atoms with Gasteiger partial charge in [0.05, 0.1) is 11.8 Å². The van der Waals surface area contributed by atoms with E-state index in [-0.39, 0.29) is 40.2 Å². The number of hydrogen-bond donors (Lipinski definition) is 2. The lowest BCUT2D eigenvalue weighted by molar-refractivity contribution is -0.216. The van der Waals surface area contributed by atoms with Crippen LogP contribution in [-0.2, 0) is 23.8 Å². The first-order chi connectivity index (χ1) is 19.9. The lowest BCUT2D eigenvalue weighted by atomic mass is 9.37. The summed E-state index contributed by atoms with van der Waals surface area (Å²) in [5.74, 6) is 1.10. The molecule has 0 aromatic carbocycles. The van der Waals surface area contributed by atoms with Crippen LogP contribution in [0.5, 0.6) is 0 Å². The molecule has 8 heteroatoms. The molecule has 0 aliphatic heterocycles. The van der Waals surface area contributed by atoms with Crippen molar-refractivity contribution in [3.8, 4) is 0 Å². The zero-order valence-electron chi connectivity index (χ0n) is 28.1. The van der Waals surface area contributed by atoms with Gasteiger partial charge >= 0.3 is 19.6 Å². The molecular formula is C35H55BNO6. The number of carbonyl (C=O) groups is 3. The molecule has 0 bridgehead atoms. The van der Waals surface area contributed by atoms with Gasteiger partial charge < -0.3 is 19.7 Å². The summed E-state index contributed by atoms with van der Waals surface area (Å²) in [5.41, 5.74) is 1.23. The summed E-state index contributed by atoms with van der Waals surface area (Å²) < 4.78 is 11.5. The fourth-order valence-corrected chi connectivity index (χ4v) is 11.6. The molecule has 0 heterocycles. The Morgan fingerprint density at radius 1 is 1.00 bits per heavy atom. The highest BCUT2D eigenvalue weighted by Gasteiger charge is 2.66. The lowest BCUT2D eigenvalue weighted by Gasteiger charge is -2.69. The van der Waals surface area contributed by atoms with Crippen molar-refractivity contribution in [2.24, 2.45) is 51.2 Å². The van der Waals surface area contributed by atoms with Crippen molar-refractivity contribution in [1.29, 1.82) is 0 Å². The topological polar surface area (TPSA) is 102 Å². The molecule has 8 atom stereocenters. The monoisotopic (exact) mass is 596 g/mol. The number of carboxylic acid groups (broad SMARTS) is 1. The van der Waals surface area contributed by atoms with Gasteiger partial charge in [-0.15, -0.1) is 0 Å². The highest BCUT2D eigenvalue weighted by molar-refractivity contribution is 6.24. The third-order valence-electron chi connectivity index (χ3n) is 13.4. The molecule has 5 aliphatic rings. The highest BCUT2D eigenvalue weighted by Crippen LogP contribution is 2.72. The van der Waals surface area contributed by atoms with Crippen LogP contribution in [0, 0.1) is 51.2 Å². The summed E-state index contributed by atoms with van der Waals surface area (Å²) in [6.07, 6.45) is 8.52. The quantitative estimate of drug-likeness (QED) is 0.243. The largest absolute Gasteiger partial charge is 0.481 e. The molecule has 239 valence electrons. The van der Waals surface area contributed by atoms with E-state index < -0.39 is 17.4 Å². The zero-order chi connectivity index (χ0) is 31.8. The van der Waals surface area contributed by atoms with Gasteiger partial charge in [0.2, 0.25) is 0 Å². The number of ether oxygens (including phenoxy) is 1. The second kappa shape index (κ2) is 11.0. The molecule has 4 fully saturated rings. The van der Waals surface area contributed by atoms with Crippen LogP contribution in [0.2, 0.25) is 0 Å². The van der Waals surface area contributed by atoms with Gasteiger partial charge in [-0.1, -0.05) is 41.5 Å². The van der Waals surface area contributed by atoms with Crippen LogP contribution < -0.4 is 5.23 Å². The fourth-order valence-electron chi connectivity index (χ4n) is 11.6. The Bertz CT molecular complexity index is 1190. The van der Waals surface area contributed by atoms with Crippen LogP contribution in [-0.4, -0.2) is 49.2 Å². The van der Waals surface area contributed by atoms with Crippen LogP contribution >= 0.6 is 0 Å². The van der Waals surface area contributed by atoms with E-state index in [0.29, 0.717) is 35.9 Å². The van der Waals surface area contributed by atoms with Crippen LogP contribution in [0.4, 0.5) is 0 Å². The van der Waals surface area contributed by atoms with Crippen molar-refractivity contribution in [2.45, 2.75) is 131 Å². The van der Waals surface area contributed by atoms with E-state index in [0.717, 1.165) is 56.9 Å². The van der Waals surface area contributed by atoms with Gasteiger partial charge in [0.1, 0.15) is 6.10 Å². The molecule has 7 nitrogen and oxygen atoms in total. The molecule has 0 spiro atoms. The first-order valence-electron chi connectivity index (χ1n) is 16.8. The van der Waals surface area contributed by atoms with Crippen LogP contribution in [0.15, 0.2) is 11.1 Å². The number of carboxylic acids is 1. The average Bonchev–Trinajstić information content (AvgIpc) is 3.20. The predicted octanol–water partition coefficient (Wildman–Crippen LogP) is 6.51. The van der Waals surface area contributed by atoms with E-state index in [9.17, 15) is 19.5 Å². The maximum absolute atomic E-state index is 13.5. The molecule has 0 amide bonds. The summed E-state index contributed by atoms with van der Waals surface area (Å²) in [7, 11) is 3.35. The fraction of sp³-hybridized carbons (Fsp3) is 0.857. The maximum Gasteiger partial charge on any atom is 0.396 e. The average molecular weight is 597 g/mol. The normalized spacial score (nSPS) is 40.3. The number of nitrogens with one attached hydrogen (secondary N) is 1. The highest BCUT2D eigenvalue weighted by atomic mass is 16.5. The second-order valence-electron chi connectivity index (χ2n) is 16.9. The van der Waals surface area contributed by atoms with Gasteiger partial charge in [0.25, 0.3) is 0 Å². The molecule has 3 unspecified atom stereocenters. The van der Waals surface area contributed by atoms with Crippen molar-refractivity contribution in [2.75, 3.05) is 7.11 Å². The number of carbonyl (C=O) groups excluding carboxylic acids is 2. The number of fused-ring (bicyclic) bond motifs is 7. The van der Waals surface area contributed by atoms with Gasteiger partial charge in [-0.3, -0.25) is 14.4 Å². The van der Waals surface area contributed by atoms with E-state index in [1.165, 1.54) is 5.57 Å². The summed E-state index contributed by atoms with van der Waals surface area (Å²) in [4.78, 5) is 38.1. The molecule has 4 saturated carbocycles. The number of esters is 1. The number of Topliss-reactive ketones (excluding diaryl/α,β-unsaturated/α-hetero) is 1. The SMILES string of the molecule is CO[B]N[C@@]12CCC3[C@H](CCC4[C@@]3(C)CCC3C(C)(C)[C@@H](OC(=O)C(C)(C)CC(=O)O)CC[C@@]34C)C1=C(C(C)C)C(=O)C2. The van der Waals surface area contributed by atoms with Crippen LogP contribution in [0.25, 0.3) is 0 Å². The van der Waals surface area contributed by atoms with Gasteiger partial charge in [0, 0.05) is 24.5 Å². The van der Waals surface area contributed by atoms with Gasteiger partial charge in [-0.2, -0.15) is 0 Å². The summed E-state index contributed by atoms with van der Waals surface area (Å²) in [6, 6.07) is 0. The number of allylic oxidation sites excluding steroid dienone is 1. The van der Waals surface area contributed by atoms with Gasteiger partial charge in [-0.05, 0) is 117 Å². The molecule has 5 aliphatic carbocycles. The van der Waals surface area contributed by atoms with Crippen molar-refractivity contribution in [3.63, 3.8) is 0 Å². The van der Waals surface area contributed by atoms with E-state index in [2.05, 4.69) is 46.8 Å². The minimum Gasteiger partial charge on any atom is -0.481 e. The van der Waals surface area contributed by atoms with Crippen LogP contribution in [0.3, 0.4) is 0 Å². The molecule has 0 aromatic heterocycles.